The molecule has 15 heavy (non-hydrogen) atoms. The Kier molecular flexibility index (Phi) is 4.29. The summed E-state index contributed by atoms with van der Waals surface area (Å²) < 4.78 is 1.30. The van der Waals surface area contributed by atoms with E-state index in [1.165, 1.54) is 22.0 Å². The molecule has 0 amide bonds. The maximum atomic E-state index is 5.82. The zero-order valence-electron chi connectivity index (χ0n) is 8.63. The van der Waals surface area contributed by atoms with Crippen LogP contribution >= 0.6 is 34.2 Å². The van der Waals surface area contributed by atoms with Crippen LogP contribution in [0, 0.1) is 3.57 Å². The Morgan fingerprint density at radius 3 is 2.47 bits per heavy atom. The van der Waals surface area contributed by atoms with Crippen LogP contribution in [0.3, 0.4) is 0 Å². The zero-order valence-corrected chi connectivity index (χ0v) is 11.5. The molecule has 0 radical (unpaired) electrons. The van der Waals surface area contributed by atoms with E-state index in [1.807, 2.05) is 0 Å². The summed E-state index contributed by atoms with van der Waals surface area (Å²) in [6, 6.07) is 9.56. The molecule has 1 aromatic rings. The number of rotatable bonds is 5. The fraction of sp³-hybridized carbons (Fsp3) is 0.500. The molecule has 2 rings (SSSR count). The van der Waals surface area contributed by atoms with Gasteiger partial charge in [-0.3, -0.25) is 4.90 Å². The van der Waals surface area contributed by atoms with Crippen LogP contribution in [-0.4, -0.2) is 23.4 Å². The Balaban J connectivity index is 1.95. The van der Waals surface area contributed by atoms with Gasteiger partial charge in [0.2, 0.25) is 0 Å². The third-order valence-electron chi connectivity index (χ3n) is 2.73. The van der Waals surface area contributed by atoms with Gasteiger partial charge >= 0.3 is 0 Å². The van der Waals surface area contributed by atoms with E-state index in [9.17, 15) is 0 Å². The van der Waals surface area contributed by atoms with Crippen LogP contribution in [0.2, 0.25) is 0 Å². The Hall–Kier alpha value is 0.200. The average Bonchev–Trinajstić information content (AvgIpc) is 3.04. The summed E-state index contributed by atoms with van der Waals surface area (Å²) in [5.74, 6) is 0.737. The third-order valence-corrected chi connectivity index (χ3v) is 3.62. The molecule has 0 aliphatic heterocycles. The van der Waals surface area contributed by atoms with Crippen LogP contribution in [-0.2, 0) is 6.54 Å². The number of nitrogens with zero attached hydrogens (tertiary/aromatic N) is 1. The first-order chi connectivity index (χ1) is 7.29. The van der Waals surface area contributed by atoms with Crippen molar-refractivity contribution in [1.29, 1.82) is 0 Å². The molecule has 0 bridgehead atoms. The monoisotopic (exact) mass is 335 g/mol. The number of alkyl halides is 1. The van der Waals surface area contributed by atoms with E-state index in [0.717, 1.165) is 25.0 Å². The van der Waals surface area contributed by atoms with Gasteiger partial charge in [0.05, 0.1) is 0 Å². The van der Waals surface area contributed by atoms with Crippen LogP contribution in [0.1, 0.15) is 18.4 Å². The third kappa shape index (κ3) is 3.61. The van der Waals surface area contributed by atoms with Gasteiger partial charge in [-0.1, -0.05) is 12.1 Å². The van der Waals surface area contributed by atoms with Gasteiger partial charge in [-0.25, -0.2) is 0 Å². The number of halogens is 2. The molecular formula is C12H15ClIN. The van der Waals surface area contributed by atoms with Gasteiger partial charge in [0, 0.05) is 28.6 Å². The lowest BCUT2D eigenvalue weighted by Crippen LogP contribution is -2.27. The minimum atomic E-state index is 0.737. The van der Waals surface area contributed by atoms with Crippen molar-refractivity contribution in [3.8, 4) is 0 Å². The Labute approximate surface area is 110 Å². The Morgan fingerprint density at radius 2 is 1.93 bits per heavy atom. The highest BCUT2D eigenvalue weighted by Crippen LogP contribution is 2.28. The first-order valence-corrected chi connectivity index (χ1v) is 6.95. The zero-order chi connectivity index (χ0) is 10.7. The van der Waals surface area contributed by atoms with Crippen molar-refractivity contribution in [3.05, 3.63) is 33.4 Å². The van der Waals surface area contributed by atoms with E-state index < -0.39 is 0 Å². The van der Waals surface area contributed by atoms with E-state index >= 15 is 0 Å². The van der Waals surface area contributed by atoms with E-state index in [1.54, 1.807) is 0 Å². The molecule has 1 nitrogen and oxygen atoms in total. The van der Waals surface area contributed by atoms with Crippen molar-refractivity contribution in [1.82, 2.24) is 4.90 Å². The van der Waals surface area contributed by atoms with Crippen molar-refractivity contribution >= 4 is 34.2 Å². The van der Waals surface area contributed by atoms with Crippen LogP contribution in [0.15, 0.2) is 24.3 Å². The first kappa shape index (κ1) is 11.7. The predicted octanol–water partition coefficient (Wildman–Crippen LogP) is 3.49. The summed E-state index contributed by atoms with van der Waals surface area (Å²) >= 11 is 8.15. The molecule has 1 aliphatic rings. The van der Waals surface area contributed by atoms with Crippen molar-refractivity contribution in [2.75, 3.05) is 12.4 Å². The standard InChI is InChI=1S/C12H15ClIN/c13-7-8-15(12-5-6-12)9-10-1-3-11(14)4-2-10/h1-4,12H,5-9H2. The van der Waals surface area contributed by atoms with Crippen molar-refractivity contribution < 1.29 is 0 Å². The van der Waals surface area contributed by atoms with E-state index in [0.29, 0.717) is 0 Å². The fourth-order valence-electron chi connectivity index (χ4n) is 1.76. The van der Waals surface area contributed by atoms with Crippen molar-refractivity contribution in [3.63, 3.8) is 0 Å². The molecule has 0 atom stereocenters. The quantitative estimate of drug-likeness (QED) is 0.588. The second-order valence-corrected chi connectivity index (χ2v) is 5.64. The van der Waals surface area contributed by atoms with Crippen molar-refractivity contribution in [2.45, 2.75) is 25.4 Å². The Morgan fingerprint density at radius 1 is 1.27 bits per heavy atom. The highest BCUT2D eigenvalue weighted by molar-refractivity contribution is 14.1. The highest BCUT2D eigenvalue weighted by Gasteiger charge is 2.28. The molecule has 0 aromatic heterocycles. The summed E-state index contributed by atoms with van der Waals surface area (Å²) in [6.45, 7) is 2.06. The average molecular weight is 336 g/mol. The van der Waals surface area contributed by atoms with Crippen LogP contribution in [0.4, 0.5) is 0 Å². The van der Waals surface area contributed by atoms with E-state index in [-0.39, 0.29) is 0 Å². The molecule has 3 heteroatoms. The molecule has 1 aromatic carbocycles. The van der Waals surface area contributed by atoms with Gasteiger partial charge in [0.1, 0.15) is 0 Å². The second kappa shape index (κ2) is 5.51. The van der Waals surface area contributed by atoms with E-state index in [4.69, 9.17) is 11.6 Å². The fourth-order valence-corrected chi connectivity index (χ4v) is 2.34. The van der Waals surface area contributed by atoms with Gasteiger partial charge in [-0.2, -0.15) is 0 Å². The highest BCUT2D eigenvalue weighted by atomic mass is 127. The Bertz CT molecular complexity index is 308. The molecule has 0 N–H and O–H groups in total. The molecule has 0 spiro atoms. The normalized spacial score (nSPS) is 15.9. The second-order valence-electron chi connectivity index (χ2n) is 4.02. The van der Waals surface area contributed by atoms with Crippen LogP contribution < -0.4 is 0 Å². The lowest BCUT2D eigenvalue weighted by molar-refractivity contribution is 0.271. The topological polar surface area (TPSA) is 3.24 Å². The van der Waals surface area contributed by atoms with Crippen LogP contribution in [0.25, 0.3) is 0 Å². The largest absolute Gasteiger partial charge is 0.295 e. The van der Waals surface area contributed by atoms with E-state index in [2.05, 4.69) is 51.8 Å². The molecule has 0 heterocycles. The molecule has 1 aliphatic carbocycles. The molecule has 1 fully saturated rings. The molecule has 1 saturated carbocycles. The van der Waals surface area contributed by atoms with Crippen molar-refractivity contribution in [2.24, 2.45) is 0 Å². The minimum Gasteiger partial charge on any atom is -0.295 e. The number of hydrogen-bond donors (Lipinski definition) is 0. The van der Waals surface area contributed by atoms with Gasteiger partial charge in [-0.15, -0.1) is 11.6 Å². The molecule has 0 saturated heterocycles. The minimum absolute atomic E-state index is 0.737. The smallest absolute Gasteiger partial charge is 0.0351 e. The van der Waals surface area contributed by atoms with Crippen LogP contribution in [0.5, 0.6) is 0 Å². The molecule has 82 valence electrons. The summed E-state index contributed by atoms with van der Waals surface area (Å²) in [5.41, 5.74) is 1.40. The number of benzene rings is 1. The first-order valence-electron chi connectivity index (χ1n) is 5.34. The van der Waals surface area contributed by atoms with Gasteiger partial charge in [-0.05, 0) is 53.1 Å². The lowest BCUT2D eigenvalue weighted by atomic mass is 10.2. The maximum absolute atomic E-state index is 5.82. The lowest BCUT2D eigenvalue weighted by Gasteiger charge is -2.20. The van der Waals surface area contributed by atoms with Gasteiger partial charge in [0.15, 0.2) is 0 Å². The maximum Gasteiger partial charge on any atom is 0.0351 e. The molecule has 0 unspecified atom stereocenters. The summed E-state index contributed by atoms with van der Waals surface area (Å²) in [4.78, 5) is 2.50. The van der Waals surface area contributed by atoms with Gasteiger partial charge in [0.25, 0.3) is 0 Å². The predicted molar refractivity (Wildman–Crippen MR) is 73.3 cm³/mol. The summed E-state index contributed by atoms with van der Waals surface area (Å²) in [6.07, 6.45) is 2.70. The SMILES string of the molecule is ClCCN(Cc1ccc(I)cc1)C1CC1. The molecular weight excluding hydrogens is 320 g/mol. The summed E-state index contributed by atoms with van der Waals surface area (Å²) in [7, 11) is 0. The van der Waals surface area contributed by atoms with Gasteiger partial charge < -0.3 is 0 Å². The number of hydrogen-bond acceptors (Lipinski definition) is 1. The summed E-state index contributed by atoms with van der Waals surface area (Å²) in [5, 5.41) is 0.